The van der Waals surface area contributed by atoms with Crippen LogP contribution < -0.4 is 5.32 Å². The molecule has 2 rings (SSSR count). The van der Waals surface area contributed by atoms with Crippen molar-refractivity contribution in [3.8, 4) is 0 Å². The molecule has 0 radical (unpaired) electrons. The molecule has 1 unspecified atom stereocenters. The van der Waals surface area contributed by atoms with Gasteiger partial charge >= 0.3 is 0 Å². The van der Waals surface area contributed by atoms with E-state index in [9.17, 15) is 0 Å². The smallest absolute Gasteiger partial charge is 0.108 e. The van der Waals surface area contributed by atoms with E-state index in [1.165, 1.54) is 18.5 Å². The average molecular weight is 195 g/mol. The molecule has 4 heteroatoms. The Bertz CT molecular complexity index is 279. The van der Waals surface area contributed by atoms with Crippen LogP contribution in [0.15, 0.2) is 6.20 Å². The van der Waals surface area contributed by atoms with E-state index >= 15 is 0 Å². The fourth-order valence-corrected chi connectivity index (χ4v) is 1.83. The Labute approximate surface area is 84.1 Å². The van der Waals surface area contributed by atoms with E-state index in [1.807, 2.05) is 6.20 Å². The number of imidazole rings is 1. The van der Waals surface area contributed by atoms with Crippen LogP contribution in [0.3, 0.4) is 0 Å². The third-order valence-electron chi connectivity index (χ3n) is 2.63. The van der Waals surface area contributed by atoms with Crippen molar-refractivity contribution in [2.45, 2.75) is 25.3 Å². The molecule has 0 bridgehead atoms. The lowest BCUT2D eigenvalue weighted by atomic mass is 10.2. The highest BCUT2D eigenvalue weighted by Crippen LogP contribution is 2.20. The maximum atomic E-state index is 5.00. The van der Waals surface area contributed by atoms with Gasteiger partial charge in [-0.15, -0.1) is 0 Å². The number of nitrogens with one attached hydrogen (secondary N) is 2. The average Bonchev–Trinajstić information content (AvgIpc) is 2.85. The molecule has 14 heavy (non-hydrogen) atoms. The molecule has 2 N–H and O–H groups in total. The maximum absolute atomic E-state index is 5.00. The number of methoxy groups -OCH3 is 1. The van der Waals surface area contributed by atoms with Gasteiger partial charge in [-0.3, -0.25) is 0 Å². The molecule has 1 saturated heterocycles. The van der Waals surface area contributed by atoms with Crippen molar-refractivity contribution in [2.24, 2.45) is 0 Å². The van der Waals surface area contributed by atoms with Gasteiger partial charge in [-0.25, -0.2) is 4.98 Å². The first-order valence-electron chi connectivity index (χ1n) is 5.16. The Morgan fingerprint density at radius 2 is 2.57 bits per heavy atom. The molecule has 1 aliphatic rings. The predicted molar refractivity (Wildman–Crippen MR) is 54.1 cm³/mol. The van der Waals surface area contributed by atoms with Crippen LogP contribution >= 0.6 is 0 Å². The van der Waals surface area contributed by atoms with Gasteiger partial charge in [0.25, 0.3) is 0 Å². The van der Waals surface area contributed by atoms with Crippen LogP contribution in [0.5, 0.6) is 0 Å². The molecule has 1 aromatic rings. The van der Waals surface area contributed by atoms with E-state index < -0.39 is 0 Å². The second kappa shape index (κ2) is 4.57. The number of H-pyrrole nitrogens is 1. The highest BCUT2D eigenvalue weighted by atomic mass is 16.5. The highest BCUT2D eigenvalue weighted by molar-refractivity contribution is 5.08. The molecule has 1 fully saturated rings. The minimum absolute atomic E-state index is 0.485. The Morgan fingerprint density at radius 3 is 3.29 bits per heavy atom. The molecule has 0 aromatic carbocycles. The van der Waals surface area contributed by atoms with Crippen LogP contribution in [-0.4, -0.2) is 30.2 Å². The van der Waals surface area contributed by atoms with Gasteiger partial charge in [0.1, 0.15) is 5.82 Å². The SMILES string of the molecule is COCCc1ncc(C2CCCN2)[nH]1. The summed E-state index contributed by atoms with van der Waals surface area (Å²) in [4.78, 5) is 7.66. The van der Waals surface area contributed by atoms with Crippen molar-refractivity contribution < 1.29 is 4.74 Å². The van der Waals surface area contributed by atoms with Crippen LogP contribution in [0, 0.1) is 0 Å². The van der Waals surface area contributed by atoms with Gasteiger partial charge in [-0.05, 0) is 19.4 Å². The zero-order valence-electron chi connectivity index (χ0n) is 8.55. The van der Waals surface area contributed by atoms with E-state index in [0.29, 0.717) is 6.04 Å². The summed E-state index contributed by atoms with van der Waals surface area (Å²) in [6, 6.07) is 0.485. The van der Waals surface area contributed by atoms with Crippen molar-refractivity contribution in [2.75, 3.05) is 20.3 Å². The zero-order chi connectivity index (χ0) is 9.80. The fraction of sp³-hybridized carbons (Fsp3) is 0.700. The predicted octanol–water partition coefficient (Wildman–Crippen LogP) is 1.02. The molecule has 2 heterocycles. The Morgan fingerprint density at radius 1 is 1.64 bits per heavy atom. The van der Waals surface area contributed by atoms with Crippen LogP contribution in [0.1, 0.15) is 30.4 Å². The van der Waals surface area contributed by atoms with Gasteiger partial charge in [-0.1, -0.05) is 0 Å². The van der Waals surface area contributed by atoms with Gasteiger partial charge in [0.05, 0.1) is 12.3 Å². The Kier molecular flexibility index (Phi) is 3.16. The molecular formula is C10H17N3O. The second-order valence-corrected chi connectivity index (χ2v) is 3.68. The molecule has 1 aliphatic heterocycles. The minimum atomic E-state index is 0.485. The fourth-order valence-electron chi connectivity index (χ4n) is 1.83. The van der Waals surface area contributed by atoms with Crippen molar-refractivity contribution in [1.29, 1.82) is 0 Å². The standard InChI is InChI=1S/C10H17N3O/c1-14-6-4-10-12-7-9(13-10)8-3-2-5-11-8/h7-8,11H,2-6H2,1H3,(H,12,13). The summed E-state index contributed by atoms with van der Waals surface area (Å²) >= 11 is 0. The molecule has 0 aliphatic carbocycles. The largest absolute Gasteiger partial charge is 0.384 e. The van der Waals surface area contributed by atoms with Gasteiger partial charge in [0.2, 0.25) is 0 Å². The number of hydrogen-bond acceptors (Lipinski definition) is 3. The summed E-state index contributed by atoms with van der Waals surface area (Å²) in [5.41, 5.74) is 1.22. The van der Waals surface area contributed by atoms with Gasteiger partial charge in [0.15, 0.2) is 0 Å². The van der Waals surface area contributed by atoms with Gasteiger partial charge in [-0.2, -0.15) is 0 Å². The van der Waals surface area contributed by atoms with Gasteiger partial charge < -0.3 is 15.0 Å². The minimum Gasteiger partial charge on any atom is -0.384 e. The second-order valence-electron chi connectivity index (χ2n) is 3.68. The number of hydrogen-bond donors (Lipinski definition) is 2. The van der Waals surface area contributed by atoms with Crippen molar-refractivity contribution in [3.05, 3.63) is 17.7 Å². The van der Waals surface area contributed by atoms with Crippen LogP contribution in [0.2, 0.25) is 0 Å². The third-order valence-corrected chi connectivity index (χ3v) is 2.63. The van der Waals surface area contributed by atoms with Crippen LogP contribution in [0.4, 0.5) is 0 Å². The normalized spacial score (nSPS) is 21.6. The molecular weight excluding hydrogens is 178 g/mol. The van der Waals surface area contributed by atoms with Crippen molar-refractivity contribution >= 4 is 0 Å². The van der Waals surface area contributed by atoms with Crippen molar-refractivity contribution in [1.82, 2.24) is 15.3 Å². The van der Waals surface area contributed by atoms with Crippen LogP contribution in [-0.2, 0) is 11.2 Å². The Hall–Kier alpha value is -0.870. The molecule has 0 saturated carbocycles. The topological polar surface area (TPSA) is 49.9 Å². The lowest BCUT2D eigenvalue weighted by Gasteiger charge is -2.05. The number of ether oxygens (including phenoxy) is 1. The molecule has 1 aromatic heterocycles. The molecule has 0 spiro atoms. The van der Waals surface area contributed by atoms with E-state index in [1.54, 1.807) is 7.11 Å². The van der Waals surface area contributed by atoms with E-state index in [0.717, 1.165) is 25.4 Å². The third kappa shape index (κ3) is 2.13. The van der Waals surface area contributed by atoms with Crippen LogP contribution in [0.25, 0.3) is 0 Å². The molecule has 1 atom stereocenters. The monoisotopic (exact) mass is 195 g/mol. The first-order valence-corrected chi connectivity index (χ1v) is 5.16. The molecule has 0 amide bonds. The first-order chi connectivity index (χ1) is 6.90. The molecule has 78 valence electrons. The maximum Gasteiger partial charge on any atom is 0.108 e. The number of rotatable bonds is 4. The summed E-state index contributed by atoms with van der Waals surface area (Å²) in [5, 5.41) is 3.44. The summed E-state index contributed by atoms with van der Waals surface area (Å²) in [6.07, 6.45) is 5.28. The van der Waals surface area contributed by atoms with Gasteiger partial charge in [0, 0.05) is 25.8 Å². The lowest BCUT2D eigenvalue weighted by Crippen LogP contribution is -2.13. The summed E-state index contributed by atoms with van der Waals surface area (Å²) < 4.78 is 5.00. The van der Waals surface area contributed by atoms with Crippen molar-refractivity contribution in [3.63, 3.8) is 0 Å². The van der Waals surface area contributed by atoms with E-state index in [2.05, 4.69) is 15.3 Å². The lowest BCUT2D eigenvalue weighted by molar-refractivity contribution is 0.200. The number of aromatic nitrogens is 2. The molecule has 4 nitrogen and oxygen atoms in total. The summed E-state index contributed by atoms with van der Waals surface area (Å²) in [7, 11) is 1.71. The van der Waals surface area contributed by atoms with E-state index in [4.69, 9.17) is 4.74 Å². The number of aromatic amines is 1. The number of nitrogens with zero attached hydrogens (tertiary/aromatic N) is 1. The Balaban J connectivity index is 1.94. The van der Waals surface area contributed by atoms with E-state index in [-0.39, 0.29) is 0 Å². The quantitative estimate of drug-likeness (QED) is 0.754. The highest BCUT2D eigenvalue weighted by Gasteiger charge is 2.17. The summed E-state index contributed by atoms with van der Waals surface area (Å²) in [6.45, 7) is 1.85. The zero-order valence-corrected chi connectivity index (χ0v) is 8.55. The first kappa shape index (κ1) is 9.68. The summed E-state index contributed by atoms with van der Waals surface area (Å²) in [5.74, 6) is 1.02.